The summed E-state index contributed by atoms with van der Waals surface area (Å²) < 4.78 is 5.60. The summed E-state index contributed by atoms with van der Waals surface area (Å²) >= 11 is 0. The Hall–Kier alpha value is -2.29. The van der Waals surface area contributed by atoms with Crippen LogP contribution in [0.1, 0.15) is 44.2 Å². The summed E-state index contributed by atoms with van der Waals surface area (Å²) in [7, 11) is 0. The van der Waals surface area contributed by atoms with Crippen molar-refractivity contribution in [2.45, 2.75) is 39.5 Å². The fraction of sp³-hybridized carbons (Fsp3) is 0.350. The second-order valence-electron chi connectivity index (χ2n) is 5.92. The fourth-order valence-corrected chi connectivity index (χ4v) is 2.26. The minimum Gasteiger partial charge on any atom is -0.493 e. The molecule has 2 aromatic carbocycles. The number of amides is 1. The van der Waals surface area contributed by atoms with Crippen molar-refractivity contribution in [3.05, 3.63) is 59.7 Å². The van der Waals surface area contributed by atoms with Crippen LogP contribution >= 0.6 is 0 Å². The number of anilines is 1. The Morgan fingerprint density at radius 2 is 1.70 bits per heavy atom. The first-order valence-electron chi connectivity index (χ1n) is 8.20. The van der Waals surface area contributed by atoms with Crippen molar-refractivity contribution < 1.29 is 9.53 Å². The summed E-state index contributed by atoms with van der Waals surface area (Å²) in [6, 6.07) is 16.0. The lowest BCUT2D eigenvalue weighted by Gasteiger charge is -2.09. The smallest absolute Gasteiger partial charge is 0.227 e. The third-order valence-corrected chi connectivity index (χ3v) is 3.79. The molecule has 0 radical (unpaired) electrons. The molecule has 0 fully saturated rings. The standard InChI is InChI=1S/C20H25NO2/c1-4-16-5-11-19(12-6-16)23-14-13-20(22)21-18-9-7-17(8-10-18)15(2)3/h5-12,15H,4,13-14H2,1-3H3,(H,21,22). The molecule has 0 saturated heterocycles. The molecule has 0 unspecified atom stereocenters. The average Bonchev–Trinajstić information content (AvgIpc) is 2.56. The Morgan fingerprint density at radius 3 is 2.26 bits per heavy atom. The number of aryl methyl sites for hydroxylation is 1. The van der Waals surface area contributed by atoms with Crippen LogP contribution in [0.4, 0.5) is 5.69 Å². The average molecular weight is 311 g/mol. The lowest BCUT2D eigenvalue weighted by Crippen LogP contribution is -2.15. The number of benzene rings is 2. The van der Waals surface area contributed by atoms with E-state index in [-0.39, 0.29) is 5.91 Å². The zero-order valence-corrected chi connectivity index (χ0v) is 14.1. The first-order chi connectivity index (χ1) is 11.1. The number of hydrogen-bond acceptors (Lipinski definition) is 2. The van der Waals surface area contributed by atoms with E-state index in [0.717, 1.165) is 17.9 Å². The number of carbonyl (C=O) groups excluding carboxylic acids is 1. The summed E-state index contributed by atoms with van der Waals surface area (Å²) in [5.74, 6) is 1.26. The van der Waals surface area contributed by atoms with Gasteiger partial charge in [0.1, 0.15) is 5.75 Å². The van der Waals surface area contributed by atoms with E-state index in [0.29, 0.717) is 18.9 Å². The van der Waals surface area contributed by atoms with Crippen molar-refractivity contribution in [1.29, 1.82) is 0 Å². The summed E-state index contributed by atoms with van der Waals surface area (Å²) in [6.07, 6.45) is 1.35. The lowest BCUT2D eigenvalue weighted by atomic mass is 10.0. The van der Waals surface area contributed by atoms with Crippen LogP contribution < -0.4 is 10.1 Å². The van der Waals surface area contributed by atoms with Crippen molar-refractivity contribution >= 4 is 11.6 Å². The van der Waals surface area contributed by atoms with E-state index in [1.165, 1.54) is 11.1 Å². The zero-order valence-electron chi connectivity index (χ0n) is 14.1. The summed E-state index contributed by atoms with van der Waals surface area (Å²) in [4.78, 5) is 11.9. The SMILES string of the molecule is CCc1ccc(OCCC(=O)Nc2ccc(C(C)C)cc2)cc1. The van der Waals surface area contributed by atoms with Crippen LogP contribution in [0.25, 0.3) is 0 Å². The van der Waals surface area contributed by atoms with E-state index in [9.17, 15) is 4.79 Å². The molecule has 0 atom stereocenters. The predicted octanol–water partition coefficient (Wildman–Crippen LogP) is 4.78. The first-order valence-corrected chi connectivity index (χ1v) is 8.20. The van der Waals surface area contributed by atoms with Gasteiger partial charge in [0.15, 0.2) is 0 Å². The number of rotatable bonds is 7. The molecule has 0 spiro atoms. The summed E-state index contributed by atoms with van der Waals surface area (Å²) in [5, 5.41) is 2.89. The van der Waals surface area contributed by atoms with E-state index >= 15 is 0 Å². The van der Waals surface area contributed by atoms with Gasteiger partial charge in [-0.15, -0.1) is 0 Å². The molecule has 0 aliphatic heterocycles. The molecule has 1 N–H and O–H groups in total. The third-order valence-electron chi connectivity index (χ3n) is 3.79. The van der Waals surface area contributed by atoms with Crippen molar-refractivity contribution in [2.24, 2.45) is 0 Å². The van der Waals surface area contributed by atoms with Gasteiger partial charge in [-0.2, -0.15) is 0 Å². The van der Waals surface area contributed by atoms with Crippen molar-refractivity contribution in [3.63, 3.8) is 0 Å². The van der Waals surface area contributed by atoms with Gasteiger partial charge in [0.25, 0.3) is 0 Å². The van der Waals surface area contributed by atoms with Gasteiger partial charge in [-0.3, -0.25) is 4.79 Å². The van der Waals surface area contributed by atoms with E-state index in [4.69, 9.17) is 4.74 Å². The highest BCUT2D eigenvalue weighted by Gasteiger charge is 2.04. The molecule has 0 aliphatic carbocycles. The highest BCUT2D eigenvalue weighted by Crippen LogP contribution is 2.17. The monoisotopic (exact) mass is 311 g/mol. The van der Waals surface area contributed by atoms with Gasteiger partial charge in [0.2, 0.25) is 5.91 Å². The molecule has 0 heterocycles. The van der Waals surface area contributed by atoms with E-state index in [2.05, 4.69) is 26.1 Å². The van der Waals surface area contributed by atoms with Crippen molar-refractivity contribution in [1.82, 2.24) is 0 Å². The van der Waals surface area contributed by atoms with Crippen LogP contribution in [0.2, 0.25) is 0 Å². The van der Waals surface area contributed by atoms with E-state index < -0.39 is 0 Å². The maximum absolute atomic E-state index is 11.9. The Kier molecular flexibility index (Phi) is 6.21. The van der Waals surface area contributed by atoms with Crippen molar-refractivity contribution in [3.8, 4) is 5.75 Å². The third kappa shape index (κ3) is 5.44. The van der Waals surface area contributed by atoms with Crippen molar-refractivity contribution in [2.75, 3.05) is 11.9 Å². The molecular weight excluding hydrogens is 286 g/mol. The molecule has 0 aromatic heterocycles. The van der Waals surface area contributed by atoms with Crippen LogP contribution in [-0.2, 0) is 11.2 Å². The van der Waals surface area contributed by atoms with E-state index in [1.54, 1.807) is 0 Å². The highest BCUT2D eigenvalue weighted by molar-refractivity contribution is 5.90. The van der Waals surface area contributed by atoms with Gasteiger partial charge in [0, 0.05) is 5.69 Å². The van der Waals surface area contributed by atoms with Crippen LogP contribution in [0.15, 0.2) is 48.5 Å². The fourth-order valence-electron chi connectivity index (χ4n) is 2.26. The molecule has 0 bridgehead atoms. The van der Waals surface area contributed by atoms with E-state index in [1.807, 2.05) is 48.5 Å². The van der Waals surface area contributed by atoms with Crippen LogP contribution in [0, 0.1) is 0 Å². The molecule has 1 amide bonds. The van der Waals surface area contributed by atoms with Crippen LogP contribution in [-0.4, -0.2) is 12.5 Å². The van der Waals surface area contributed by atoms with Gasteiger partial charge < -0.3 is 10.1 Å². The minimum absolute atomic E-state index is 0.0347. The van der Waals surface area contributed by atoms with Crippen LogP contribution in [0.5, 0.6) is 5.75 Å². The molecule has 2 aromatic rings. The molecule has 122 valence electrons. The number of ether oxygens (including phenoxy) is 1. The summed E-state index contributed by atoms with van der Waals surface area (Å²) in [6.45, 7) is 6.80. The quantitative estimate of drug-likeness (QED) is 0.799. The lowest BCUT2D eigenvalue weighted by molar-refractivity contribution is -0.116. The topological polar surface area (TPSA) is 38.3 Å². The normalized spacial score (nSPS) is 10.6. The first kappa shape index (κ1) is 17.1. The molecule has 0 saturated carbocycles. The second-order valence-corrected chi connectivity index (χ2v) is 5.92. The second kappa shape index (κ2) is 8.37. The predicted molar refractivity (Wildman–Crippen MR) is 95.1 cm³/mol. The Bertz CT molecular complexity index is 615. The van der Waals surface area contributed by atoms with Gasteiger partial charge >= 0.3 is 0 Å². The molecule has 2 rings (SSSR count). The van der Waals surface area contributed by atoms with Gasteiger partial charge in [-0.25, -0.2) is 0 Å². The number of nitrogens with one attached hydrogen (secondary N) is 1. The number of carbonyl (C=O) groups is 1. The van der Waals surface area contributed by atoms with Crippen LogP contribution in [0.3, 0.4) is 0 Å². The molecular formula is C20H25NO2. The molecule has 3 heteroatoms. The van der Waals surface area contributed by atoms with Gasteiger partial charge in [0.05, 0.1) is 13.0 Å². The minimum atomic E-state index is -0.0347. The van der Waals surface area contributed by atoms with Gasteiger partial charge in [-0.05, 0) is 47.7 Å². The Balaban J connectivity index is 1.76. The Morgan fingerprint density at radius 1 is 1.04 bits per heavy atom. The summed E-state index contributed by atoms with van der Waals surface area (Å²) in [5.41, 5.74) is 3.37. The largest absolute Gasteiger partial charge is 0.493 e. The molecule has 23 heavy (non-hydrogen) atoms. The molecule has 3 nitrogen and oxygen atoms in total. The maximum atomic E-state index is 11.9. The molecule has 0 aliphatic rings. The zero-order chi connectivity index (χ0) is 16.7. The highest BCUT2D eigenvalue weighted by atomic mass is 16.5. The Labute approximate surface area is 138 Å². The van der Waals surface area contributed by atoms with Gasteiger partial charge in [-0.1, -0.05) is 45.0 Å². The number of hydrogen-bond donors (Lipinski definition) is 1. The maximum Gasteiger partial charge on any atom is 0.227 e.